The van der Waals surface area contributed by atoms with E-state index in [0.717, 1.165) is 28.0 Å². The molecule has 3 N–H and O–H groups in total. The van der Waals surface area contributed by atoms with Crippen LogP contribution >= 0.6 is 11.3 Å². The maximum atomic E-state index is 12.0. The van der Waals surface area contributed by atoms with E-state index in [-0.39, 0.29) is 4.90 Å². The highest BCUT2D eigenvalue weighted by Crippen LogP contribution is 2.42. The van der Waals surface area contributed by atoms with E-state index in [1.54, 1.807) is 18.6 Å². The molecule has 0 unspecified atom stereocenters. The van der Waals surface area contributed by atoms with Crippen LogP contribution < -0.4 is 15.2 Å². The number of para-hydroxylation sites is 1. The molecule has 1 aromatic heterocycles. The van der Waals surface area contributed by atoms with Gasteiger partial charge in [-0.15, -0.1) is 11.3 Å². The summed E-state index contributed by atoms with van der Waals surface area (Å²) >= 11 is 1.36. The highest BCUT2D eigenvalue weighted by atomic mass is 32.2. The van der Waals surface area contributed by atoms with Gasteiger partial charge in [-0.2, -0.15) is 0 Å². The van der Waals surface area contributed by atoms with Crippen molar-refractivity contribution in [2.75, 3.05) is 14.2 Å². The van der Waals surface area contributed by atoms with Crippen molar-refractivity contribution in [2.24, 2.45) is 5.14 Å². The third-order valence-corrected chi connectivity index (χ3v) is 6.07. The predicted molar refractivity (Wildman–Crippen MR) is 106 cm³/mol. The molecule has 26 heavy (non-hydrogen) atoms. The summed E-state index contributed by atoms with van der Waals surface area (Å²) < 4.78 is 29.5. The molecule has 0 bridgehead atoms. The van der Waals surface area contributed by atoms with Crippen LogP contribution in [-0.4, -0.2) is 22.6 Å². The Labute approximate surface area is 157 Å². The second-order valence-corrected chi connectivity index (χ2v) is 8.22. The Bertz CT molecular complexity index is 1030. The van der Waals surface area contributed by atoms with Gasteiger partial charge >= 0.3 is 0 Å². The number of hydrogen-bond donors (Lipinski definition) is 2. The lowest BCUT2D eigenvalue weighted by atomic mass is 9.95. The standard InChI is InChI=1S/C19H20N2O3S2/c1-21-12-13-7-8-14(15-5-3-4-6-17(15)24-2)16(11-13)19-18(9-10-25-19)26(20,22)23/h3-11,21H,12H2,1-2H3,(H2,20,22,23). The molecule has 0 amide bonds. The summed E-state index contributed by atoms with van der Waals surface area (Å²) in [6.07, 6.45) is 0. The number of nitrogens with two attached hydrogens (primary N) is 1. The van der Waals surface area contributed by atoms with Gasteiger partial charge in [-0.25, -0.2) is 13.6 Å². The summed E-state index contributed by atoms with van der Waals surface area (Å²) in [5.41, 5.74) is 3.67. The van der Waals surface area contributed by atoms with Crippen molar-refractivity contribution in [3.05, 3.63) is 59.5 Å². The first kappa shape index (κ1) is 18.6. The van der Waals surface area contributed by atoms with E-state index in [2.05, 4.69) is 5.32 Å². The van der Waals surface area contributed by atoms with Gasteiger partial charge in [0.1, 0.15) is 10.6 Å². The smallest absolute Gasteiger partial charge is 0.239 e. The topological polar surface area (TPSA) is 81.4 Å². The molecule has 0 radical (unpaired) electrons. The Balaban J connectivity index is 2.29. The molecule has 0 atom stereocenters. The minimum absolute atomic E-state index is 0.139. The van der Waals surface area contributed by atoms with E-state index in [9.17, 15) is 8.42 Å². The van der Waals surface area contributed by atoms with Crippen LogP contribution in [0.15, 0.2) is 58.8 Å². The van der Waals surface area contributed by atoms with Crippen LogP contribution in [-0.2, 0) is 16.6 Å². The number of benzene rings is 2. The first-order chi connectivity index (χ1) is 12.5. The number of thiophene rings is 1. The summed E-state index contributed by atoms with van der Waals surface area (Å²) in [6, 6.07) is 15.2. The average molecular weight is 389 g/mol. The van der Waals surface area contributed by atoms with Gasteiger partial charge < -0.3 is 10.1 Å². The second-order valence-electron chi connectivity index (χ2n) is 5.77. The van der Waals surface area contributed by atoms with Gasteiger partial charge in [0.25, 0.3) is 0 Å². The monoisotopic (exact) mass is 388 g/mol. The van der Waals surface area contributed by atoms with Crippen molar-refractivity contribution < 1.29 is 13.2 Å². The molecule has 1 heterocycles. The van der Waals surface area contributed by atoms with Crippen LogP contribution in [0.4, 0.5) is 0 Å². The second kappa shape index (κ2) is 7.59. The predicted octanol–water partition coefficient (Wildman–Crippen LogP) is 3.46. The van der Waals surface area contributed by atoms with Crippen molar-refractivity contribution in [3.8, 4) is 27.3 Å². The lowest BCUT2D eigenvalue weighted by Gasteiger charge is -2.15. The molecule has 2 aromatic carbocycles. The maximum Gasteiger partial charge on any atom is 0.239 e. The molecule has 0 fully saturated rings. The van der Waals surface area contributed by atoms with Gasteiger partial charge in [-0.05, 0) is 41.8 Å². The van der Waals surface area contributed by atoms with Crippen molar-refractivity contribution in [3.63, 3.8) is 0 Å². The van der Waals surface area contributed by atoms with Gasteiger partial charge in [0, 0.05) is 17.7 Å². The van der Waals surface area contributed by atoms with Crippen molar-refractivity contribution in [1.29, 1.82) is 0 Å². The van der Waals surface area contributed by atoms with E-state index in [1.165, 1.54) is 11.3 Å². The van der Waals surface area contributed by atoms with Crippen LogP contribution in [0.3, 0.4) is 0 Å². The van der Waals surface area contributed by atoms with Crippen molar-refractivity contribution in [2.45, 2.75) is 11.4 Å². The Morgan fingerprint density at radius 3 is 2.54 bits per heavy atom. The van der Waals surface area contributed by atoms with E-state index in [0.29, 0.717) is 11.4 Å². The minimum Gasteiger partial charge on any atom is -0.496 e. The Hall–Kier alpha value is -2.19. The number of methoxy groups -OCH3 is 1. The molecular weight excluding hydrogens is 368 g/mol. The van der Waals surface area contributed by atoms with E-state index >= 15 is 0 Å². The number of hydrogen-bond acceptors (Lipinski definition) is 5. The molecule has 7 heteroatoms. The third-order valence-electron chi connectivity index (χ3n) is 4.04. The summed E-state index contributed by atoms with van der Waals surface area (Å²) in [5, 5.41) is 10.3. The fraction of sp³-hybridized carbons (Fsp3) is 0.158. The lowest BCUT2D eigenvalue weighted by molar-refractivity contribution is 0.416. The van der Waals surface area contributed by atoms with Crippen LogP contribution in [0, 0.1) is 0 Å². The van der Waals surface area contributed by atoms with Gasteiger partial charge in [-0.3, -0.25) is 0 Å². The summed E-state index contributed by atoms with van der Waals surface area (Å²) in [5.74, 6) is 0.726. The molecule has 136 valence electrons. The molecule has 5 nitrogen and oxygen atoms in total. The van der Waals surface area contributed by atoms with Crippen LogP contribution in [0.2, 0.25) is 0 Å². The van der Waals surface area contributed by atoms with E-state index < -0.39 is 10.0 Å². The van der Waals surface area contributed by atoms with Crippen molar-refractivity contribution in [1.82, 2.24) is 5.32 Å². The van der Waals surface area contributed by atoms with Crippen LogP contribution in [0.25, 0.3) is 21.6 Å². The van der Waals surface area contributed by atoms with E-state index in [4.69, 9.17) is 9.88 Å². The van der Waals surface area contributed by atoms with Gasteiger partial charge in [-0.1, -0.05) is 30.3 Å². The highest BCUT2D eigenvalue weighted by molar-refractivity contribution is 7.89. The molecule has 0 saturated carbocycles. The molecule has 3 aromatic rings. The fourth-order valence-electron chi connectivity index (χ4n) is 2.91. The van der Waals surface area contributed by atoms with E-state index in [1.807, 2.05) is 49.5 Å². The average Bonchev–Trinajstić information content (AvgIpc) is 3.12. The highest BCUT2D eigenvalue weighted by Gasteiger charge is 2.21. The number of ether oxygens (including phenoxy) is 1. The zero-order valence-electron chi connectivity index (χ0n) is 14.5. The first-order valence-corrected chi connectivity index (χ1v) is 10.4. The minimum atomic E-state index is -3.81. The Morgan fingerprint density at radius 1 is 1.08 bits per heavy atom. The quantitative estimate of drug-likeness (QED) is 0.678. The number of nitrogens with one attached hydrogen (secondary N) is 1. The molecule has 0 aliphatic rings. The summed E-state index contributed by atoms with van der Waals surface area (Å²) in [6.45, 7) is 0.676. The van der Waals surface area contributed by atoms with Crippen LogP contribution in [0.1, 0.15) is 5.56 Å². The third kappa shape index (κ3) is 3.66. The zero-order chi connectivity index (χ0) is 18.7. The Kier molecular flexibility index (Phi) is 5.43. The molecule has 0 aliphatic heterocycles. The summed E-state index contributed by atoms with van der Waals surface area (Å²) in [4.78, 5) is 0.770. The molecule has 0 aliphatic carbocycles. The van der Waals surface area contributed by atoms with Gasteiger partial charge in [0.2, 0.25) is 10.0 Å². The number of rotatable bonds is 6. The lowest BCUT2D eigenvalue weighted by Crippen LogP contribution is -2.12. The Morgan fingerprint density at radius 2 is 1.85 bits per heavy atom. The number of primary sulfonamides is 1. The molecule has 0 saturated heterocycles. The molecular formula is C19H20N2O3S2. The SMILES string of the molecule is CNCc1ccc(-c2ccccc2OC)c(-c2sccc2S(N)(=O)=O)c1. The largest absolute Gasteiger partial charge is 0.496 e. The number of sulfonamides is 1. The first-order valence-electron chi connectivity index (χ1n) is 7.97. The molecule has 0 spiro atoms. The van der Waals surface area contributed by atoms with Crippen LogP contribution in [0.5, 0.6) is 5.75 Å². The van der Waals surface area contributed by atoms with Gasteiger partial charge in [0.15, 0.2) is 0 Å². The van der Waals surface area contributed by atoms with Crippen molar-refractivity contribution >= 4 is 21.4 Å². The fourth-order valence-corrected chi connectivity index (χ4v) is 4.94. The normalized spacial score (nSPS) is 11.5. The summed E-state index contributed by atoms with van der Waals surface area (Å²) in [7, 11) is -0.325. The zero-order valence-corrected chi connectivity index (χ0v) is 16.2. The molecule has 3 rings (SSSR count). The maximum absolute atomic E-state index is 12.0. The van der Waals surface area contributed by atoms with Gasteiger partial charge in [0.05, 0.1) is 12.0 Å².